The number of methoxy groups -OCH3 is 1. The molecule has 0 fully saturated rings. The monoisotopic (exact) mass is 286 g/mol. The zero-order valence-electron chi connectivity index (χ0n) is 11.2. The van der Waals surface area contributed by atoms with Crippen LogP contribution in [0.1, 0.15) is 16.7 Å². The van der Waals surface area contributed by atoms with E-state index in [4.69, 9.17) is 21.6 Å². The van der Waals surface area contributed by atoms with Crippen molar-refractivity contribution in [1.82, 2.24) is 0 Å². The van der Waals surface area contributed by atoms with Crippen LogP contribution in [0.4, 0.5) is 5.69 Å². The summed E-state index contributed by atoms with van der Waals surface area (Å²) < 4.78 is 5.07. The maximum atomic E-state index is 9.07. The molecule has 0 saturated heterocycles. The normalized spacial score (nSPS) is 10.1. The van der Waals surface area contributed by atoms with Crippen LogP contribution in [0.15, 0.2) is 42.5 Å². The van der Waals surface area contributed by atoms with Gasteiger partial charge in [-0.25, -0.2) is 0 Å². The molecule has 0 atom stereocenters. The van der Waals surface area contributed by atoms with Crippen LogP contribution in [0.2, 0.25) is 5.02 Å². The first-order valence-corrected chi connectivity index (χ1v) is 6.61. The SMILES string of the molecule is COCc1ccc(CNc2ccc(Cl)cc2C#N)cc1. The number of hydrogen-bond acceptors (Lipinski definition) is 3. The van der Waals surface area contributed by atoms with E-state index in [1.165, 1.54) is 0 Å². The fourth-order valence-electron chi connectivity index (χ4n) is 1.88. The van der Waals surface area contributed by atoms with Crippen molar-refractivity contribution >= 4 is 17.3 Å². The quantitative estimate of drug-likeness (QED) is 0.904. The molecule has 0 radical (unpaired) electrons. The van der Waals surface area contributed by atoms with E-state index >= 15 is 0 Å². The van der Waals surface area contributed by atoms with E-state index in [9.17, 15) is 0 Å². The summed E-state index contributed by atoms with van der Waals surface area (Å²) in [6.07, 6.45) is 0. The smallest absolute Gasteiger partial charge is 0.101 e. The highest BCUT2D eigenvalue weighted by molar-refractivity contribution is 6.30. The molecule has 1 N–H and O–H groups in total. The van der Waals surface area contributed by atoms with Gasteiger partial charge in [0.25, 0.3) is 0 Å². The van der Waals surface area contributed by atoms with Gasteiger partial charge in [-0.15, -0.1) is 0 Å². The number of ether oxygens (including phenoxy) is 1. The molecule has 20 heavy (non-hydrogen) atoms. The molecule has 0 amide bonds. The van der Waals surface area contributed by atoms with Gasteiger partial charge in [0.1, 0.15) is 6.07 Å². The molecule has 0 heterocycles. The number of halogens is 1. The van der Waals surface area contributed by atoms with Gasteiger partial charge in [0.05, 0.1) is 17.9 Å². The molecule has 3 nitrogen and oxygen atoms in total. The Balaban J connectivity index is 2.03. The molecule has 0 aliphatic heterocycles. The summed E-state index contributed by atoms with van der Waals surface area (Å²) in [7, 11) is 1.68. The number of nitrogens with zero attached hydrogens (tertiary/aromatic N) is 1. The molecule has 0 saturated carbocycles. The second-order valence-corrected chi connectivity index (χ2v) is 4.84. The van der Waals surface area contributed by atoms with E-state index in [1.807, 2.05) is 30.3 Å². The fraction of sp³-hybridized carbons (Fsp3) is 0.188. The zero-order chi connectivity index (χ0) is 14.4. The third kappa shape index (κ3) is 3.74. The van der Waals surface area contributed by atoms with Crippen LogP contribution in [0, 0.1) is 11.3 Å². The predicted molar refractivity (Wildman–Crippen MR) is 80.6 cm³/mol. The second-order valence-electron chi connectivity index (χ2n) is 4.40. The summed E-state index contributed by atoms with van der Waals surface area (Å²) in [5.41, 5.74) is 3.62. The minimum atomic E-state index is 0.550. The summed E-state index contributed by atoms with van der Waals surface area (Å²) in [5.74, 6) is 0. The number of hydrogen-bond donors (Lipinski definition) is 1. The third-order valence-electron chi connectivity index (χ3n) is 2.92. The summed E-state index contributed by atoms with van der Waals surface area (Å²) >= 11 is 5.87. The Morgan fingerprint density at radius 1 is 1.15 bits per heavy atom. The van der Waals surface area contributed by atoms with Crippen LogP contribution in [-0.2, 0) is 17.9 Å². The molecule has 0 spiro atoms. The Kier molecular flexibility index (Phi) is 5.00. The van der Waals surface area contributed by atoms with Gasteiger partial charge in [-0.05, 0) is 29.3 Å². The Bertz CT molecular complexity index is 617. The summed E-state index contributed by atoms with van der Waals surface area (Å²) in [5, 5.41) is 12.9. The molecule has 0 aliphatic rings. The molecular weight excluding hydrogens is 272 g/mol. The molecule has 4 heteroatoms. The third-order valence-corrected chi connectivity index (χ3v) is 3.15. The molecule has 2 aromatic carbocycles. The van der Waals surface area contributed by atoms with Gasteiger partial charge in [0.15, 0.2) is 0 Å². The first kappa shape index (κ1) is 14.4. The van der Waals surface area contributed by atoms with Gasteiger partial charge in [-0.3, -0.25) is 0 Å². The van der Waals surface area contributed by atoms with Crippen LogP contribution in [-0.4, -0.2) is 7.11 Å². The number of anilines is 1. The maximum Gasteiger partial charge on any atom is 0.101 e. The van der Waals surface area contributed by atoms with Crippen molar-refractivity contribution in [3.8, 4) is 6.07 Å². The number of rotatable bonds is 5. The van der Waals surface area contributed by atoms with Crippen LogP contribution in [0.25, 0.3) is 0 Å². The van der Waals surface area contributed by atoms with Gasteiger partial charge in [-0.1, -0.05) is 35.9 Å². The Labute approximate surface area is 123 Å². The molecule has 102 valence electrons. The largest absolute Gasteiger partial charge is 0.380 e. The van der Waals surface area contributed by atoms with Crippen LogP contribution in [0.3, 0.4) is 0 Å². The average Bonchev–Trinajstić information content (AvgIpc) is 2.47. The van der Waals surface area contributed by atoms with Gasteiger partial charge in [0, 0.05) is 18.7 Å². The minimum Gasteiger partial charge on any atom is -0.380 e. The molecule has 0 bridgehead atoms. The molecule has 2 rings (SSSR count). The predicted octanol–water partition coefficient (Wildman–Crippen LogP) is 3.97. The Morgan fingerprint density at radius 3 is 2.50 bits per heavy atom. The molecule has 0 unspecified atom stereocenters. The van der Waals surface area contributed by atoms with E-state index < -0.39 is 0 Å². The van der Waals surface area contributed by atoms with E-state index in [0.29, 0.717) is 23.7 Å². The first-order valence-electron chi connectivity index (χ1n) is 6.23. The van der Waals surface area contributed by atoms with Crippen LogP contribution in [0.5, 0.6) is 0 Å². The summed E-state index contributed by atoms with van der Waals surface area (Å²) in [6, 6.07) is 15.5. The summed E-state index contributed by atoms with van der Waals surface area (Å²) in [6.45, 7) is 1.27. The molecule has 0 aromatic heterocycles. The minimum absolute atomic E-state index is 0.550. The second kappa shape index (κ2) is 6.95. The number of nitriles is 1. The highest BCUT2D eigenvalue weighted by Gasteiger charge is 2.02. The lowest BCUT2D eigenvalue weighted by Crippen LogP contribution is -2.01. The Hall–Kier alpha value is -2.02. The molecule has 2 aromatic rings. The fourth-order valence-corrected chi connectivity index (χ4v) is 2.05. The lowest BCUT2D eigenvalue weighted by molar-refractivity contribution is 0.185. The van der Waals surface area contributed by atoms with Crippen molar-refractivity contribution in [2.75, 3.05) is 12.4 Å². The topological polar surface area (TPSA) is 45.0 Å². The van der Waals surface area contributed by atoms with Gasteiger partial charge in [0.2, 0.25) is 0 Å². The highest BCUT2D eigenvalue weighted by atomic mass is 35.5. The molecule has 0 aliphatic carbocycles. The van der Waals surface area contributed by atoms with Crippen molar-refractivity contribution in [1.29, 1.82) is 5.26 Å². The van der Waals surface area contributed by atoms with Crippen molar-refractivity contribution < 1.29 is 4.74 Å². The zero-order valence-corrected chi connectivity index (χ0v) is 11.9. The van der Waals surface area contributed by atoms with Crippen molar-refractivity contribution in [3.63, 3.8) is 0 Å². The van der Waals surface area contributed by atoms with Crippen molar-refractivity contribution in [2.45, 2.75) is 13.2 Å². The van der Waals surface area contributed by atoms with Gasteiger partial charge < -0.3 is 10.1 Å². The summed E-state index contributed by atoms with van der Waals surface area (Å²) in [4.78, 5) is 0. The van der Waals surface area contributed by atoms with E-state index in [-0.39, 0.29) is 0 Å². The maximum absolute atomic E-state index is 9.07. The Morgan fingerprint density at radius 2 is 1.85 bits per heavy atom. The standard InChI is InChI=1S/C16H15ClN2O/c1-20-11-13-4-2-12(3-5-13)10-19-16-7-6-15(17)8-14(16)9-18/h2-8,19H,10-11H2,1H3. The average molecular weight is 287 g/mol. The van der Waals surface area contributed by atoms with Crippen molar-refractivity contribution in [2.24, 2.45) is 0 Å². The van der Waals surface area contributed by atoms with Gasteiger partial charge in [-0.2, -0.15) is 5.26 Å². The molecular formula is C16H15ClN2O. The first-order chi connectivity index (χ1) is 9.72. The van der Waals surface area contributed by atoms with E-state index in [2.05, 4.69) is 11.4 Å². The van der Waals surface area contributed by atoms with Crippen LogP contribution < -0.4 is 5.32 Å². The van der Waals surface area contributed by atoms with E-state index in [1.54, 1.807) is 19.2 Å². The lowest BCUT2D eigenvalue weighted by Gasteiger charge is -2.09. The van der Waals surface area contributed by atoms with Crippen LogP contribution >= 0.6 is 11.6 Å². The van der Waals surface area contributed by atoms with E-state index in [0.717, 1.165) is 16.8 Å². The van der Waals surface area contributed by atoms with Gasteiger partial charge >= 0.3 is 0 Å². The highest BCUT2D eigenvalue weighted by Crippen LogP contribution is 2.20. The van der Waals surface area contributed by atoms with Crippen molar-refractivity contribution in [3.05, 3.63) is 64.2 Å². The lowest BCUT2D eigenvalue weighted by atomic mass is 10.1. The number of benzene rings is 2. The number of nitrogens with one attached hydrogen (secondary N) is 1.